The van der Waals surface area contributed by atoms with Crippen molar-refractivity contribution in [2.75, 3.05) is 26.2 Å². The third-order valence-electron chi connectivity index (χ3n) is 3.86. The Labute approximate surface area is 98.4 Å². The number of likely N-dealkylation sites (N-methyl/N-ethyl adjacent to an activating group) is 1. The third-order valence-corrected chi connectivity index (χ3v) is 3.86. The van der Waals surface area contributed by atoms with E-state index in [1.54, 1.807) is 0 Å². The van der Waals surface area contributed by atoms with Gasteiger partial charge in [0, 0.05) is 18.6 Å². The minimum atomic E-state index is -0.648. The molecule has 16 heavy (non-hydrogen) atoms. The first-order chi connectivity index (χ1) is 7.68. The Kier molecular flexibility index (Phi) is 5.69. The number of nitrogens with zero attached hydrogens (tertiary/aromatic N) is 1. The van der Waals surface area contributed by atoms with Crippen molar-refractivity contribution in [2.45, 2.75) is 50.7 Å². The van der Waals surface area contributed by atoms with Gasteiger partial charge in [-0.05, 0) is 19.4 Å². The minimum absolute atomic E-state index is 0.0587. The zero-order valence-electron chi connectivity index (χ0n) is 10.4. The van der Waals surface area contributed by atoms with Gasteiger partial charge in [-0.2, -0.15) is 0 Å². The highest BCUT2D eigenvalue weighted by Crippen LogP contribution is 2.32. The maximum absolute atomic E-state index is 9.57. The van der Waals surface area contributed by atoms with Gasteiger partial charge >= 0.3 is 0 Å². The molecule has 4 N–H and O–H groups in total. The average Bonchev–Trinajstić information content (AvgIpc) is 2.36. The SMILES string of the molecule is CCN(CC(O)CO)C1(CN)CCCCC1. The summed E-state index contributed by atoms with van der Waals surface area (Å²) in [6, 6.07) is 0. The first kappa shape index (κ1) is 13.9. The van der Waals surface area contributed by atoms with Crippen LogP contribution < -0.4 is 5.73 Å². The van der Waals surface area contributed by atoms with Gasteiger partial charge in [-0.3, -0.25) is 4.90 Å². The Bertz CT molecular complexity index is 193. The van der Waals surface area contributed by atoms with Crippen LogP contribution in [0.15, 0.2) is 0 Å². The molecule has 1 fully saturated rings. The normalized spacial score (nSPS) is 22.3. The van der Waals surface area contributed by atoms with Crippen molar-refractivity contribution in [1.82, 2.24) is 4.90 Å². The lowest BCUT2D eigenvalue weighted by atomic mass is 9.80. The number of β-amino-alcohol motifs (C(OH)–C–C–N with tert-alkyl or cyclic N) is 1. The van der Waals surface area contributed by atoms with Gasteiger partial charge in [0.05, 0.1) is 12.7 Å². The van der Waals surface area contributed by atoms with E-state index < -0.39 is 6.10 Å². The van der Waals surface area contributed by atoms with Crippen LogP contribution in [0.1, 0.15) is 39.0 Å². The fourth-order valence-electron chi connectivity index (χ4n) is 2.83. The molecule has 1 aliphatic carbocycles. The molecule has 0 aromatic rings. The van der Waals surface area contributed by atoms with Crippen molar-refractivity contribution in [3.05, 3.63) is 0 Å². The summed E-state index contributed by atoms with van der Waals surface area (Å²) in [5.41, 5.74) is 6.00. The van der Waals surface area contributed by atoms with Gasteiger partial charge in [0.15, 0.2) is 0 Å². The highest BCUT2D eigenvalue weighted by atomic mass is 16.3. The van der Waals surface area contributed by atoms with Crippen molar-refractivity contribution in [3.63, 3.8) is 0 Å². The molecular weight excluding hydrogens is 204 g/mol. The second kappa shape index (κ2) is 6.55. The molecule has 0 aromatic carbocycles. The molecule has 4 nitrogen and oxygen atoms in total. The van der Waals surface area contributed by atoms with E-state index in [0.717, 1.165) is 19.4 Å². The van der Waals surface area contributed by atoms with Gasteiger partial charge in [-0.15, -0.1) is 0 Å². The fourth-order valence-corrected chi connectivity index (χ4v) is 2.83. The Morgan fingerprint density at radius 2 is 1.94 bits per heavy atom. The standard InChI is InChI=1S/C12H26N2O2/c1-2-14(8-11(16)9-15)12(10-13)6-4-3-5-7-12/h11,15-16H,2-10,13H2,1H3. The second-order valence-electron chi connectivity index (χ2n) is 4.86. The van der Waals surface area contributed by atoms with Crippen LogP contribution in [0.3, 0.4) is 0 Å². The van der Waals surface area contributed by atoms with Gasteiger partial charge in [0.1, 0.15) is 0 Å². The molecule has 0 spiro atoms. The van der Waals surface area contributed by atoms with Crippen LogP contribution in [0.5, 0.6) is 0 Å². The quantitative estimate of drug-likeness (QED) is 0.615. The first-order valence-electron chi connectivity index (χ1n) is 6.42. The molecule has 0 amide bonds. The van der Waals surface area contributed by atoms with Crippen LogP contribution in [0.25, 0.3) is 0 Å². The zero-order valence-corrected chi connectivity index (χ0v) is 10.4. The number of aliphatic hydroxyl groups is 2. The summed E-state index contributed by atoms with van der Waals surface area (Å²) in [7, 11) is 0. The van der Waals surface area contributed by atoms with E-state index in [4.69, 9.17) is 10.8 Å². The van der Waals surface area contributed by atoms with Crippen LogP contribution in [-0.4, -0.2) is 53.0 Å². The van der Waals surface area contributed by atoms with Gasteiger partial charge < -0.3 is 15.9 Å². The zero-order chi connectivity index (χ0) is 12.0. The van der Waals surface area contributed by atoms with Gasteiger partial charge in [0.25, 0.3) is 0 Å². The summed E-state index contributed by atoms with van der Waals surface area (Å²) in [6.07, 6.45) is 5.34. The lowest BCUT2D eigenvalue weighted by Crippen LogP contribution is -2.57. The minimum Gasteiger partial charge on any atom is -0.394 e. The van der Waals surface area contributed by atoms with Crippen LogP contribution in [0, 0.1) is 0 Å². The van der Waals surface area contributed by atoms with E-state index in [1.165, 1.54) is 19.3 Å². The molecule has 0 heterocycles. The number of aliphatic hydroxyl groups excluding tert-OH is 2. The summed E-state index contributed by atoms with van der Waals surface area (Å²) < 4.78 is 0. The predicted octanol–water partition coefficient (Wildman–Crippen LogP) is 0.323. The third kappa shape index (κ3) is 3.17. The topological polar surface area (TPSA) is 69.7 Å². The summed E-state index contributed by atoms with van der Waals surface area (Å²) >= 11 is 0. The smallest absolute Gasteiger partial charge is 0.0897 e. The number of hydrogen-bond acceptors (Lipinski definition) is 4. The predicted molar refractivity (Wildman–Crippen MR) is 65.2 cm³/mol. The van der Waals surface area contributed by atoms with Crippen molar-refractivity contribution < 1.29 is 10.2 Å². The largest absolute Gasteiger partial charge is 0.394 e. The van der Waals surface area contributed by atoms with E-state index in [1.807, 2.05) is 0 Å². The molecule has 0 radical (unpaired) electrons. The number of nitrogens with two attached hydrogens (primary N) is 1. The molecular formula is C12H26N2O2. The summed E-state index contributed by atoms with van der Waals surface area (Å²) in [6.45, 7) is 3.99. The Morgan fingerprint density at radius 1 is 1.31 bits per heavy atom. The molecule has 0 aromatic heterocycles. The van der Waals surface area contributed by atoms with Crippen LogP contribution >= 0.6 is 0 Å². The highest BCUT2D eigenvalue weighted by molar-refractivity contribution is 4.94. The molecule has 1 unspecified atom stereocenters. The summed E-state index contributed by atoms with van der Waals surface area (Å²) in [5.74, 6) is 0. The monoisotopic (exact) mass is 230 g/mol. The van der Waals surface area contributed by atoms with Crippen molar-refractivity contribution in [3.8, 4) is 0 Å². The van der Waals surface area contributed by atoms with Gasteiger partial charge in [0.2, 0.25) is 0 Å². The summed E-state index contributed by atoms with van der Waals surface area (Å²) in [4.78, 5) is 2.26. The molecule has 96 valence electrons. The maximum atomic E-state index is 9.57. The fraction of sp³-hybridized carbons (Fsp3) is 1.00. The molecule has 1 aliphatic rings. The summed E-state index contributed by atoms with van der Waals surface area (Å²) in [5, 5.41) is 18.5. The van der Waals surface area contributed by atoms with Crippen molar-refractivity contribution in [2.24, 2.45) is 5.73 Å². The molecule has 1 saturated carbocycles. The highest BCUT2D eigenvalue weighted by Gasteiger charge is 2.36. The molecule has 1 rings (SSSR count). The molecule has 1 atom stereocenters. The molecule has 0 saturated heterocycles. The van der Waals surface area contributed by atoms with E-state index in [-0.39, 0.29) is 12.1 Å². The Morgan fingerprint density at radius 3 is 2.38 bits per heavy atom. The Hall–Kier alpha value is -0.160. The number of hydrogen-bond donors (Lipinski definition) is 3. The van der Waals surface area contributed by atoms with Gasteiger partial charge in [-0.1, -0.05) is 26.2 Å². The molecule has 4 heteroatoms. The van der Waals surface area contributed by atoms with Crippen molar-refractivity contribution >= 4 is 0 Å². The van der Waals surface area contributed by atoms with Crippen LogP contribution in [0.4, 0.5) is 0 Å². The van der Waals surface area contributed by atoms with Crippen molar-refractivity contribution in [1.29, 1.82) is 0 Å². The molecule has 0 aliphatic heterocycles. The lowest BCUT2D eigenvalue weighted by Gasteiger charge is -2.46. The molecule has 0 bridgehead atoms. The second-order valence-corrected chi connectivity index (χ2v) is 4.86. The Balaban J connectivity index is 2.65. The van der Waals surface area contributed by atoms with E-state index in [2.05, 4.69) is 11.8 Å². The number of rotatable bonds is 6. The first-order valence-corrected chi connectivity index (χ1v) is 6.42. The van der Waals surface area contributed by atoms with E-state index in [0.29, 0.717) is 13.1 Å². The van der Waals surface area contributed by atoms with Gasteiger partial charge in [-0.25, -0.2) is 0 Å². The average molecular weight is 230 g/mol. The van der Waals surface area contributed by atoms with E-state index in [9.17, 15) is 5.11 Å². The van der Waals surface area contributed by atoms with E-state index >= 15 is 0 Å². The van der Waals surface area contributed by atoms with Crippen LogP contribution in [0.2, 0.25) is 0 Å². The maximum Gasteiger partial charge on any atom is 0.0897 e. The lowest BCUT2D eigenvalue weighted by molar-refractivity contribution is -0.000627. The van der Waals surface area contributed by atoms with Crippen LogP contribution in [-0.2, 0) is 0 Å².